The Morgan fingerprint density at radius 1 is 1.41 bits per heavy atom. The molecule has 1 unspecified atom stereocenters. The molecule has 2 rings (SSSR count). The topological polar surface area (TPSA) is 38.3 Å². The van der Waals surface area contributed by atoms with Gasteiger partial charge in [0.25, 0.3) is 0 Å². The number of fused-ring (bicyclic) bond motifs is 1. The van der Waals surface area contributed by atoms with Crippen molar-refractivity contribution in [3.05, 3.63) is 35.4 Å². The quantitative estimate of drug-likeness (QED) is 0.836. The Balaban J connectivity index is 0.00000144. The first-order valence-corrected chi connectivity index (χ1v) is 5.66. The van der Waals surface area contributed by atoms with Gasteiger partial charge in [-0.05, 0) is 30.4 Å². The predicted octanol–water partition coefficient (Wildman–Crippen LogP) is 1.73. The van der Waals surface area contributed by atoms with Gasteiger partial charge in [0.05, 0.1) is 13.7 Å². The molecule has 1 atom stereocenters. The second kappa shape index (κ2) is 6.62. The van der Waals surface area contributed by atoms with Gasteiger partial charge in [0.1, 0.15) is 0 Å². The van der Waals surface area contributed by atoms with Gasteiger partial charge in [-0.25, -0.2) is 0 Å². The molecule has 3 nitrogen and oxygen atoms in total. The van der Waals surface area contributed by atoms with E-state index in [0.717, 1.165) is 19.3 Å². The number of aryl methyl sites for hydroxylation is 1. The van der Waals surface area contributed by atoms with Crippen LogP contribution in [0.15, 0.2) is 24.3 Å². The van der Waals surface area contributed by atoms with Crippen molar-refractivity contribution >= 4 is 18.4 Å². The van der Waals surface area contributed by atoms with Gasteiger partial charge in [-0.1, -0.05) is 24.3 Å². The van der Waals surface area contributed by atoms with E-state index in [0.29, 0.717) is 12.6 Å². The predicted molar refractivity (Wildman–Crippen MR) is 69.5 cm³/mol. The minimum absolute atomic E-state index is 0. The van der Waals surface area contributed by atoms with Crippen molar-refractivity contribution in [2.24, 2.45) is 0 Å². The minimum atomic E-state index is -0.196. The normalized spacial score (nSPS) is 17.8. The summed E-state index contributed by atoms with van der Waals surface area (Å²) < 4.78 is 4.61. The largest absolute Gasteiger partial charge is 0.468 e. The van der Waals surface area contributed by atoms with Crippen LogP contribution in [0.25, 0.3) is 0 Å². The molecule has 1 aromatic rings. The summed E-state index contributed by atoms with van der Waals surface area (Å²) in [4.78, 5) is 11.0. The number of halogens is 1. The molecule has 1 aliphatic rings. The molecule has 0 heterocycles. The molecule has 94 valence electrons. The van der Waals surface area contributed by atoms with Gasteiger partial charge >= 0.3 is 5.97 Å². The van der Waals surface area contributed by atoms with E-state index in [4.69, 9.17) is 0 Å². The number of rotatable bonds is 3. The molecule has 0 spiro atoms. The maximum absolute atomic E-state index is 11.0. The van der Waals surface area contributed by atoms with Crippen LogP contribution in [0.1, 0.15) is 17.5 Å². The minimum Gasteiger partial charge on any atom is -0.468 e. The highest BCUT2D eigenvalue weighted by Crippen LogP contribution is 2.20. The molecular formula is C13H18ClNO2. The Hall–Kier alpha value is -1.06. The summed E-state index contributed by atoms with van der Waals surface area (Å²) in [5, 5.41) is 3.24. The lowest BCUT2D eigenvalue weighted by molar-refractivity contribution is -0.139. The summed E-state index contributed by atoms with van der Waals surface area (Å²) in [7, 11) is 1.42. The van der Waals surface area contributed by atoms with Gasteiger partial charge in [-0.3, -0.25) is 4.79 Å². The van der Waals surface area contributed by atoms with Gasteiger partial charge in [0.2, 0.25) is 0 Å². The molecule has 0 saturated carbocycles. The molecule has 0 bridgehead atoms. The zero-order valence-electron chi connectivity index (χ0n) is 9.94. The molecule has 0 aromatic heterocycles. The van der Waals surface area contributed by atoms with Gasteiger partial charge in [-0.2, -0.15) is 0 Å². The van der Waals surface area contributed by atoms with E-state index in [1.807, 2.05) is 0 Å². The third-order valence-corrected chi connectivity index (χ3v) is 3.11. The first-order valence-electron chi connectivity index (χ1n) is 5.66. The summed E-state index contributed by atoms with van der Waals surface area (Å²) in [5.74, 6) is -0.196. The van der Waals surface area contributed by atoms with Crippen molar-refractivity contribution in [2.45, 2.75) is 25.3 Å². The van der Waals surface area contributed by atoms with Crippen LogP contribution in [-0.4, -0.2) is 25.7 Å². The van der Waals surface area contributed by atoms with Crippen molar-refractivity contribution in [3.8, 4) is 0 Å². The highest BCUT2D eigenvalue weighted by molar-refractivity contribution is 5.85. The Morgan fingerprint density at radius 2 is 2.12 bits per heavy atom. The summed E-state index contributed by atoms with van der Waals surface area (Å²) in [6, 6.07) is 8.91. The third kappa shape index (κ3) is 3.72. The average molecular weight is 256 g/mol. The first kappa shape index (κ1) is 14.0. The molecule has 1 aromatic carbocycles. The SMILES string of the molecule is COC(=O)CNC1CCc2ccccc2C1.Cl. The highest BCUT2D eigenvalue weighted by Gasteiger charge is 2.18. The van der Waals surface area contributed by atoms with E-state index in [-0.39, 0.29) is 18.4 Å². The third-order valence-electron chi connectivity index (χ3n) is 3.11. The lowest BCUT2D eigenvalue weighted by atomic mass is 9.88. The Kier molecular flexibility index (Phi) is 5.45. The number of carbonyl (C=O) groups excluding carboxylic acids is 1. The fourth-order valence-electron chi connectivity index (χ4n) is 2.17. The number of nitrogens with one attached hydrogen (secondary N) is 1. The van der Waals surface area contributed by atoms with Crippen LogP contribution in [-0.2, 0) is 22.4 Å². The fourth-order valence-corrected chi connectivity index (χ4v) is 2.17. The number of benzene rings is 1. The van der Waals surface area contributed by atoms with E-state index in [9.17, 15) is 4.79 Å². The molecule has 4 heteroatoms. The van der Waals surface area contributed by atoms with Gasteiger partial charge in [-0.15, -0.1) is 12.4 Å². The second-order valence-electron chi connectivity index (χ2n) is 4.17. The molecule has 0 saturated heterocycles. The Bertz CT molecular complexity index is 381. The molecule has 0 fully saturated rings. The van der Waals surface area contributed by atoms with Crippen molar-refractivity contribution in [3.63, 3.8) is 0 Å². The van der Waals surface area contributed by atoms with E-state index < -0.39 is 0 Å². The summed E-state index contributed by atoms with van der Waals surface area (Å²) in [6.07, 6.45) is 3.19. The van der Waals surface area contributed by atoms with Crippen LogP contribution >= 0.6 is 12.4 Å². The number of esters is 1. The fraction of sp³-hybridized carbons (Fsp3) is 0.462. The second-order valence-corrected chi connectivity index (χ2v) is 4.17. The van der Waals surface area contributed by atoms with E-state index in [2.05, 4.69) is 34.3 Å². The maximum atomic E-state index is 11.0. The van der Waals surface area contributed by atoms with Crippen LogP contribution in [0.3, 0.4) is 0 Å². The van der Waals surface area contributed by atoms with Crippen molar-refractivity contribution in [1.82, 2.24) is 5.32 Å². The maximum Gasteiger partial charge on any atom is 0.319 e. The van der Waals surface area contributed by atoms with Crippen molar-refractivity contribution in [1.29, 1.82) is 0 Å². The molecule has 0 aliphatic heterocycles. The zero-order chi connectivity index (χ0) is 11.4. The number of ether oxygens (including phenoxy) is 1. The molecule has 17 heavy (non-hydrogen) atoms. The summed E-state index contributed by atoms with van der Waals surface area (Å²) in [5.41, 5.74) is 2.84. The monoisotopic (exact) mass is 255 g/mol. The smallest absolute Gasteiger partial charge is 0.319 e. The zero-order valence-corrected chi connectivity index (χ0v) is 10.8. The van der Waals surface area contributed by atoms with E-state index in [1.54, 1.807) is 0 Å². The van der Waals surface area contributed by atoms with E-state index >= 15 is 0 Å². The Morgan fingerprint density at radius 3 is 2.82 bits per heavy atom. The van der Waals surface area contributed by atoms with Gasteiger partial charge in [0, 0.05) is 6.04 Å². The molecular weight excluding hydrogens is 238 g/mol. The first-order chi connectivity index (χ1) is 7.79. The Labute approximate surface area is 108 Å². The highest BCUT2D eigenvalue weighted by atomic mass is 35.5. The van der Waals surface area contributed by atoms with Crippen LogP contribution in [0.2, 0.25) is 0 Å². The number of carbonyl (C=O) groups is 1. The van der Waals surface area contributed by atoms with Crippen molar-refractivity contribution in [2.75, 3.05) is 13.7 Å². The average Bonchev–Trinajstić information content (AvgIpc) is 2.35. The summed E-state index contributed by atoms with van der Waals surface area (Å²) >= 11 is 0. The molecule has 1 aliphatic carbocycles. The van der Waals surface area contributed by atoms with Crippen LogP contribution in [0.5, 0.6) is 0 Å². The lowest BCUT2D eigenvalue weighted by Crippen LogP contribution is -2.38. The van der Waals surface area contributed by atoms with Crippen LogP contribution < -0.4 is 5.32 Å². The van der Waals surface area contributed by atoms with Crippen LogP contribution in [0.4, 0.5) is 0 Å². The van der Waals surface area contributed by atoms with Gasteiger partial charge in [0.15, 0.2) is 0 Å². The molecule has 0 radical (unpaired) electrons. The number of methoxy groups -OCH3 is 1. The molecule has 1 N–H and O–H groups in total. The van der Waals surface area contributed by atoms with Gasteiger partial charge < -0.3 is 10.1 Å². The molecule has 0 amide bonds. The van der Waals surface area contributed by atoms with Crippen LogP contribution in [0, 0.1) is 0 Å². The standard InChI is InChI=1S/C13H17NO2.ClH/c1-16-13(15)9-14-12-7-6-10-4-2-3-5-11(10)8-12;/h2-5,12,14H,6-9H2,1H3;1H. The number of hydrogen-bond donors (Lipinski definition) is 1. The number of hydrogen-bond acceptors (Lipinski definition) is 3. The van der Waals surface area contributed by atoms with Crippen molar-refractivity contribution < 1.29 is 9.53 Å². The van der Waals surface area contributed by atoms with E-state index in [1.165, 1.54) is 18.2 Å². The lowest BCUT2D eigenvalue weighted by Gasteiger charge is -2.25. The summed E-state index contributed by atoms with van der Waals surface area (Å²) in [6.45, 7) is 0.309.